The second-order valence-electron chi connectivity index (χ2n) is 9.28. The van der Waals surface area contributed by atoms with Crippen molar-refractivity contribution in [2.75, 3.05) is 0 Å². The van der Waals surface area contributed by atoms with Crippen LogP contribution in [0.2, 0.25) is 0 Å². The number of hydrogen-bond acceptors (Lipinski definition) is 6. The highest BCUT2D eigenvalue weighted by Gasteiger charge is 2.44. The number of alkyl halides is 2. The number of hydrogen-bond donors (Lipinski definition) is 1. The first-order valence-corrected chi connectivity index (χ1v) is 12.5. The average molecular weight is 517 g/mol. The number of nitriles is 1. The number of benzene rings is 1. The zero-order chi connectivity index (χ0) is 27.0. The summed E-state index contributed by atoms with van der Waals surface area (Å²) >= 11 is 0. The molecule has 0 fully saturated rings. The first-order valence-electron chi connectivity index (χ1n) is 12.5. The van der Waals surface area contributed by atoms with Gasteiger partial charge in [-0.15, -0.1) is 0 Å². The van der Waals surface area contributed by atoms with Gasteiger partial charge in [0.2, 0.25) is 0 Å². The van der Waals surface area contributed by atoms with Crippen LogP contribution in [0.15, 0.2) is 48.8 Å². The molecular formula is C28H26F2N6O2. The van der Waals surface area contributed by atoms with Gasteiger partial charge in [0.1, 0.15) is 5.75 Å². The first kappa shape index (κ1) is 25.3. The molecule has 3 aromatic heterocycles. The second kappa shape index (κ2) is 10.2. The molecule has 38 heavy (non-hydrogen) atoms. The standard InChI is InChI=1S/C27H25F2N5O2.CHN/c1-3-14(4-2)18-9-8-15(13-30-18)19-10-11-34-25(31-19)23-17-12-20(24(23)33-34)32-26(35)16-6-5-7-21(22(16)17)36-27(28)29;1-2/h5-11,13-14,17,20,27H,3-4,12H2,1-2H3,(H,32,35);1H. The van der Waals surface area contributed by atoms with Crippen LogP contribution in [0.5, 0.6) is 5.75 Å². The molecule has 2 bridgehead atoms. The van der Waals surface area contributed by atoms with Gasteiger partial charge in [0.25, 0.3) is 5.91 Å². The molecule has 4 aromatic rings. The van der Waals surface area contributed by atoms with Crippen molar-refractivity contribution in [3.63, 3.8) is 0 Å². The molecule has 1 aliphatic heterocycles. The lowest BCUT2D eigenvalue weighted by molar-refractivity contribution is -0.0505. The first-order chi connectivity index (χ1) is 18.5. The largest absolute Gasteiger partial charge is 0.434 e. The number of amides is 1. The predicted octanol–water partition coefficient (Wildman–Crippen LogP) is 5.76. The zero-order valence-corrected chi connectivity index (χ0v) is 20.9. The maximum Gasteiger partial charge on any atom is 0.387 e. The molecule has 8 nitrogen and oxygen atoms in total. The zero-order valence-electron chi connectivity index (χ0n) is 20.9. The fourth-order valence-corrected chi connectivity index (χ4v) is 5.61. The molecule has 1 N–H and O–H groups in total. The molecule has 1 amide bonds. The summed E-state index contributed by atoms with van der Waals surface area (Å²) in [6.07, 6.45) is 6.26. The van der Waals surface area contributed by atoms with Crippen LogP contribution in [-0.2, 0) is 0 Å². The quantitative estimate of drug-likeness (QED) is 0.350. The van der Waals surface area contributed by atoms with Gasteiger partial charge in [-0.1, -0.05) is 19.9 Å². The van der Waals surface area contributed by atoms with E-state index in [1.165, 1.54) is 6.07 Å². The number of rotatable bonds is 6. The van der Waals surface area contributed by atoms with Crippen LogP contribution in [0.25, 0.3) is 16.9 Å². The van der Waals surface area contributed by atoms with E-state index in [1.54, 1.807) is 16.6 Å². The lowest BCUT2D eigenvalue weighted by Gasteiger charge is -2.18. The van der Waals surface area contributed by atoms with Crippen molar-refractivity contribution in [2.45, 2.75) is 57.6 Å². The Labute approximate surface area is 218 Å². The molecule has 6 rings (SSSR count). The van der Waals surface area contributed by atoms with Gasteiger partial charge >= 0.3 is 6.61 Å². The van der Waals surface area contributed by atoms with E-state index in [4.69, 9.17) is 20.1 Å². The van der Waals surface area contributed by atoms with E-state index in [0.717, 1.165) is 35.4 Å². The summed E-state index contributed by atoms with van der Waals surface area (Å²) in [6.45, 7) is 4.83. The number of halogens is 2. The second-order valence-corrected chi connectivity index (χ2v) is 9.28. The SMILES string of the molecule is C#N.CCC(CC)c1ccc(-c2ccn3nc4c(c3n2)C2CC4NC(=O)c3cccc(OC(F)F)c32)cn1. The van der Waals surface area contributed by atoms with Gasteiger partial charge in [-0.05, 0) is 49.6 Å². The number of aromatic nitrogens is 4. The molecule has 2 atom stereocenters. The number of carbonyl (C=O) groups excluding carboxylic acids is 1. The minimum Gasteiger partial charge on any atom is -0.434 e. The van der Waals surface area contributed by atoms with Crippen LogP contribution in [0, 0.1) is 11.8 Å². The summed E-state index contributed by atoms with van der Waals surface area (Å²) in [5.41, 5.74) is 5.66. The highest BCUT2D eigenvalue weighted by molar-refractivity contribution is 5.98. The van der Waals surface area contributed by atoms with Gasteiger partial charge in [0.05, 0.1) is 17.4 Å². The third-order valence-electron chi connectivity index (χ3n) is 7.37. The molecule has 2 unspecified atom stereocenters. The van der Waals surface area contributed by atoms with Crippen molar-refractivity contribution in [3.05, 3.63) is 76.9 Å². The Morgan fingerprint density at radius 3 is 2.63 bits per heavy atom. The Balaban J connectivity index is 0.00000144. The molecular weight excluding hydrogens is 490 g/mol. The summed E-state index contributed by atoms with van der Waals surface area (Å²) in [4.78, 5) is 22.5. The Hall–Kier alpha value is -4.39. The fourth-order valence-electron chi connectivity index (χ4n) is 5.61. The summed E-state index contributed by atoms with van der Waals surface area (Å²) < 4.78 is 33.0. The van der Waals surface area contributed by atoms with Crippen molar-refractivity contribution in [3.8, 4) is 23.6 Å². The van der Waals surface area contributed by atoms with Crippen molar-refractivity contribution in [2.24, 2.45) is 0 Å². The van der Waals surface area contributed by atoms with E-state index < -0.39 is 6.61 Å². The van der Waals surface area contributed by atoms with Crippen molar-refractivity contribution >= 4 is 11.6 Å². The predicted molar refractivity (Wildman–Crippen MR) is 136 cm³/mol. The lowest BCUT2D eigenvalue weighted by Crippen LogP contribution is -2.27. The number of carbonyl (C=O) groups is 1. The maximum atomic E-state index is 13.2. The Morgan fingerprint density at radius 2 is 1.95 bits per heavy atom. The Kier molecular flexibility index (Phi) is 6.76. The highest BCUT2D eigenvalue weighted by atomic mass is 19.3. The maximum absolute atomic E-state index is 13.2. The Bertz CT molecular complexity index is 1510. The van der Waals surface area contributed by atoms with E-state index in [0.29, 0.717) is 34.8 Å². The van der Waals surface area contributed by atoms with Gasteiger partial charge in [-0.25, -0.2) is 14.8 Å². The van der Waals surface area contributed by atoms with Gasteiger partial charge in [0.15, 0.2) is 5.65 Å². The smallest absolute Gasteiger partial charge is 0.387 e. The molecule has 1 aliphatic carbocycles. The summed E-state index contributed by atoms with van der Waals surface area (Å²) in [7, 11) is 0. The highest BCUT2D eigenvalue weighted by Crippen LogP contribution is 2.50. The van der Waals surface area contributed by atoms with E-state index in [-0.39, 0.29) is 23.6 Å². The van der Waals surface area contributed by atoms with E-state index in [2.05, 4.69) is 36.8 Å². The molecule has 194 valence electrons. The molecule has 2 aliphatic rings. The van der Waals surface area contributed by atoms with Crippen molar-refractivity contribution in [1.29, 1.82) is 5.26 Å². The summed E-state index contributed by atoms with van der Waals surface area (Å²) in [5, 5.41) is 14.2. The van der Waals surface area contributed by atoms with Crippen LogP contribution >= 0.6 is 0 Å². The minimum absolute atomic E-state index is 0.00726. The van der Waals surface area contributed by atoms with E-state index in [9.17, 15) is 13.6 Å². The molecule has 4 heterocycles. The van der Waals surface area contributed by atoms with Crippen molar-refractivity contribution < 1.29 is 18.3 Å². The van der Waals surface area contributed by atoms with Crippen LogP contribution in [-0.4, -0.2) is 32.1 Å². The molecule has 0 spiro atoms. The van der Waals surface area contributed by atoms with Gasteiger partial charge < -0.3 is 10.1 Å². The van der Waals surface area contributed by atoms with Gasteiger partial charge in [-0.2, -0.15) is 13.9 Å². The molecule has 0 radical (unpaired) electrons. The molecule has 10 heteroatoms. The number of fused-ring (bicyclic) bond motifs is 9. The molecule has 0 saturated carbocycles. The normalized spacial score (nSPS) is 17.4. The van der Waals surface area contributed by atoms with Crippen LogP contribution < -0.4 is 10.1 Å². The fraction of sp³-hybridized carbons (Fsp3) is 0.321. The molecule has 1 aromatic carbocycles. The lowest BCUT2D eigenvalue weighted by atomic mass is 9.89. The summed E-state index contributed by atoms with van der Waals surface area (Å²) in [5.74, 6) is -0.245. The topological polar surface area (TPSA) is 105 Å². The number of nitrogens with one attached hydrogen (secondary N) is 1. The van der Waals surface area contributed by atoms with Crippen LogP contribution in [0.4, 0.5) is 8.78 Å². The summed E-state index contributed by atoms with van der Waals surface area (Å²) in [6, 6.07) is 10.3. The third-order valence-corrected chi connectivity index (χ3v) is 7.37. The number of ether oxygens (including phenoxy) is 1. The van der Waals surface area contributed by atoms with Crippen LogP contribution in [0.3, 0.4) is 0 Å². The van der Waals surface area contributed by atoms with E-state index >= 15 is 0 Å². The van der Waals surface area contributed by atoms with Crippen LogP contribution in [0.1, 0.15) is 83.9 Å². The van der Waals surface area contributed by atoms with Gasteiger partial charge in [0, 0.05) is 58.7 Å². The average Bonchev–Trinajstić information content (AvgIpc) is 3.42. The Morgan fingerprint density at radius 1 is 1.16 bits per heavy atom. The number of pyridine rings is 1. The third kappa shape index (κ3) is 4.14. The van der Waals surface area contributed by atoms with E-state index in [1.807, 2.05) is 24.5 Å². The monoisotopic (exact) mass is 516 g/mol. The number of nitrogens with zero attached hydrogens (tertiary/aromatic N) is 5. The van der Waals surface area contributed by atoms with Gasteiger partial charge in [-0.3, -0.25) is 9.78 Å². The van der Waals surface area contributed by atoms with Crippen molar-refractivity contribution in [1.82, 2.24) is 24.9 Å². The molecule has 0 saturated heterocycles. The minimum atomic E-state index is -3.00.